The van der Waals surface area contributed by atoms with E-state index < -0.39 is 24.5 Å². The van der Waals surface area contributed by atoms with E-state index in [4.69, 9.17) is 11.5 Å². The van der Waals surface area contributed by atoms with Gasteiger partial charge in [0, 0.05) is 12.1 Å². The van der Waals surface area contributed by atoms with Crippen molar-refractivity contribution in [1.82, 2.24) is 4.98 Å². The molecule has 0 fully saturated rings. The van der Waals surface area contributed by atoms with Crippen molar-refractivity contribution >= 4 is 11.7 Å². The number of hydrogen-bond acceptors (Lipinski definition) is 6. The highest BCUT2D eigenvalue weighted by molar-refractivity contribution is 5.75. The molecule has 0 aliphatic rings. The molecule has 6 nitrogen and oxygen atoms in total. The van der Waals surface area contributed by atoms with E-state index in [-0.39, 0.29) is 30.1 Å². The fourth-order valence-electron chi connectivity index (χ4n) is 1.54. The summed E-state index contributed by atoms with van der Waals surface area (Å²) in [7, 11) is 0. The Hall–Kier alpha value is -2.03. The number of aromatic nitrogens is 1. The topological polar surface area (TPSA) is 100 Å². The third-order valence-corrected chi connectivity index (χ3v) is 2.28. The van der Waals surface area contributed by atoms with Crippen molar-refractivity contribution in [3.05, 3.63) is 17.5 Å². The van der Waals surface area contributed by atoms with Crippen LogP contribution in [0.4, 0.5) is 18.9 Å². The van der Waals surface area contributed by atoms with E-state index in [9.17, 15) is 18.0 Å². The van der Waals surface area contributed by atoms with Gasteiger partial charge in [0.25, 0.3) is 0 Å². The Bertz CT molecular complexity index is 492. The van der Waals surface area contributed by atoms with Gasteiger partial charge in [0.05, 0.1) is 30.6 Å². The molecule has 20 heavy (non-hydrogen) atoms. The number of nitrogens with zero attached hydrogens (tertiary/aromatic N) is 1. The Kier molecular flexibility index (Phi) is 5.14. The van der Waals surface area contributed by atoms with E-state index in [1.165, 1.54) is 0 Å². The fraction of sp³-hybridized carbons (Fsp3) is 0.455. The fourth-order valence-corrected chi connectivity index (χ4v) is 1.54. The van der Waals surface area contributed by atoms with Gasteiger partial charge in [-0.25, -0.2) is 0 Å². The van der Waals surface area contributed by atoms with E-state index >= 15 is 0 Å². The van der Waals surface area contributed by atoms with Crippen LogP contribution >= 0.6 is 0 Å². The molecule has 1 heterocycles. The van der Waals surface area contributed by atoms with Crippen molar-refractivity contribution in [2.75, 3.05) is 12.3 Å². The summed E-state index contributed by atoms with van der Waals surface area (Å²) in [6, 6.07) is 0. The maximum Gasteiger partial charge on any atom is 0.573 e. The number of esters is 1. The van der Waals surface area contributed by atoms with Gasteiger partial charge in [-0.2, -0.15) is 0 Å². The summed E-state index contributed by atoms with van der Waals surface area (Å²) in [6.07, 6.45) is -4.40. The summed E-state index contributed by atoms with van der Waals surface area (Å²) in [5, 5.41) is 0. The van der Waals surface area contributed by atoms with Crippen molar-refractivity contribution in [2.45, 2.75) is 26.3 Å². The highest BCUT2D eigenvalue weighted by Gasteiger charge is 2.34. The van der Waals surface area contributed by atoms with Crippen LogP contribution in [0.15, 0.2) is 6.20 Å². The lowest BCUT2D eigenvalue weighted by molar-refractivity contribution is -0.274. The zero-order valence-corrected chi connectivity index (χ0v) is 10.7. The summed E-state index contributed by atoms with van der Waals surface area (Å²) in [5.74, 6) is -1.39. The molecule has 9 heteroatoms. The molecule has 0 saturated heterocycles. The first kappa shape index (κ1) is 16.0. The molecule has 4 N–H and O–H groups in total. The van der Waals surface area contributed by atoms with Crippen LogP contribution in [-0.4, -0.2) is 23.9 Å². The minimum Gasteiger partial charge on any atom is -0.466 e. The van der Waals surface area contributed by atoms with Crippen molar-refractivity contribution in [3.63, 3.8) is 0 Å². The van der Waals surface area contributed by atoms with Gasteiger partial charge in [0.2, 0.25) is 0 Å². The molecule has 0 radical (unpaired) electrons. The number of halogens is 3. The first-order chi connectivity index (χ1) is 9.28. The monoisotopic (exact) mass is 293 g/mol. The van der Waals surface area contributed by atoms with Gasteiger partial charge in [-0.15, -0.1) is 13.2 Å². The molecule has 1 aromatic rings. The van der Waals surface area contributed by atoms with Gasteiger partial charge in [-0.05, 0) is 6.92 Å². The first-order valence-electron chi connectivity index (χ1n) is 5.66. The largest absolute Gasteiger partial charge is 0.573 e. The first-order valence-corrected chi connectivity index (χ1v) is 5.66. The summed E-state index contributed by atoms with van der Waals surface area (Å²) in [4.78, 5) is 15.2. The van der Waals surface area contributed by atoms with Crippen LogP contribution in [0, 0.1) is 0 Å². The van der Waals surface area contributed by atoms with Crippen LogP contribution in [0.25, 0.3) is 0 Å². The number of nitrogen functional groups attached to an aromatic ring is 1. The number of carbonyl (C=O) groups is 1. The van der Waals surface area contributed by atoms with Crippen molar-refractivity contribution in [3.8, 4) is 5.75 Å². The molecular formula is C11H14F3N3O3. The van der Waals surface area contributed by atoms with Gasteiger partial charge >= 0.3 is 12.3 Å². The molecule has 1 aromatic heterocycles. The minimum absolute atomic E-state index is 0.0894. The normalized spacial score (nSPS) is 11.2. The highest BCUT2D eigenvalue weighted by atomic mass is 19.4. The zero-order valence-electron chi connectivity index (χ0n) is 10.7. The van der Waals surface area contributed by atoms with Gasteiger partial charge in [-0.3, -0.25) is 9.78 Å². The smallest absolute Gasteiger partial charge is 0.466 e. The molecule has 0 spiro atoms. The average molecular weight is 293 g/mol. The van der Waals surface area contributed by atoms with Crippen LogP contribution in [0.5, 0.6) is 5.75 Å². The maximum atomic E-state index is 12.4. The molecule has 0 aliphatic heterocycles. The second-order valence-corrected chi connectivity index (χ2v) is 3.70. The number of alkyl halides is 3. The third-order valence-electron chi connectivity index (χ3n) is 2.28. The van der Waals surface area contributed by atoms with E-state index in [2.05, 4.69) is 14.5 Å². The summed E-state index contributed by atoms with van der Waals surface area (Å²) < 4.78 is 45.7. The Balaban J connectivity index is 3.21. The minimum atomic E-state index is -4.94. The molecular weight excluding hydrogens is 279 g/mol. The predicted octanol–water partition coefficient (Wildman–Crippen LogP) is 1.13. The molecule has 0 aliphatic carbocycles. The molecule has 1 rings (SSSR count). The molecule has 112 valence electrons. The Morgan fingerprint density at radius 1 is 1.45 bits per heavy atom. The number of rotatable bonds is 5. The molecule has 0 bridgehead atoms. The third kappa shape index (κ3) is 4.26. The van der Waals surface area contributed by atoms with Gasteiger partial charge < -0.3 is 20.9 Å². The maximum absolute atomic E-state index is 12.4. The van der Waals surface area contributed by atoms with Crippen molar-refractivity contribution in [2.24, 2.45) is 5.73 Å². The average Bonchev–Trinajstić information content (AvgIpc) is 2.33. The molecule has 0 saturated carbocycles. The SMILES string of the molecule is CCOC(=O)Cc1c(CN)ncc(N)c1OC(F)(F)F. The van der Waals surface area contributed by atoms with Crippen molar-refractivity contribution in [1.29, 1.82) is 0 Å². The van der Waals surface area contributed by atoms with Gasteiger partial charge in [0.1, 0.15) is 0 Å². The molecule has 0 aromatic carbocycles. The predicted molar refractivity (Wildman–Crippen MR) is 63.6 cm³/mol. The summed E-state index contributed by atoms with van der Waals surface area (Å²) in [5.41, 5.74) is 10.4. The second-order valence-electron chi connectivity index (χ2n) is 3.70. The Morgan fingerprint density at radius 2 is 2.10 bits per heavy atom. The lowest BCUT2D eigenvalue weighted by Gasteiger charge is -2.17. The van der Waals surface area contributed by atoms with Crippen LogP contribution in [-0.2, 0) is 22.5 Å². The number of carbonyl (C=O) groups excluding carboxylic acids is 1. The number of pyridine rings is 1. The standard InChI is InChI=1S/C11H14F3N3O3/c1-2-19-9(18)3-6-8(4-15)17-5-7(16)10(6)20-11(12,13)14/h5H,2-4,15-16H2,1H3. The second kappa shape index (κ2) is 6.42. The number of hydrogen-bond donors (Lipinski definition) is 2. The Morgan fingerprint density at radius 3 is 2.60 bits per heavy atom. The molecule has 0 atom stereocenters. The van der Waals surface area contributed by atoms with E-state index in [0.29, 0.717) is 0 Å². The van der Waals surface area contributed by atoms with Crippen LogP contribution < -0.4 is 16.2 Å². The van der Waals surface area contributed by atoms with Gasteiger partial charge in [0.15, 0.2) is 5.75 Å². The Labute approximate surface area is 112 Å². The molecule has 0 amide bonds. The van der Waals surface area contributed by atoms with E-state index in [1.807, 2.05) is 0 Å². The summed E-state index contributed by atoms with van der Waals surface area (Å²) in [6.45, 7) is 1.51. The van der Waals surface area contributed by atoms with Crippen LogP contribution in [0.1, 0.15) is 18.2 Å². The van der Waals surface area contributed by atoms with Crippen LogP contribution in [0.3, 0.4) is 0 Å². The lowest BCUT2D eigenvalue weighted by atomic mass is 10.1. The summed E-state index contributed by atoms with van der Waals surface area (Å²) >= 11 is 0. The van der Waals surface area contributed by atoms with E-state index in [1.54, 1.807) is 6.92 Å². The quantitative estimate of drug-likeness (QED) is 0.789. The zero-order chi connectivity index (χ0) is 15.3. The van der Waals surface area contributed by atoms with Crippen LogP contribution in [0.2, 0.25) is 0 Å². The number of ether oxygens (including phenoxy) is 2. The van der Waals surface area contributed by atoms with E-state index in [0.717, 1.165) is 6.20 Å². The number of nitrogens with two attached hydrogens (primary N) is 2. The van der Waals surface area contributed by atoms with Gasteiger partial charge in [-0.1, -0.05) is 0 Å². The lowest BCUT2D eigenvalue weighted by Crippen LogP contribution is -2.22. The number of anilines is 1. The molecule has 0 unspecified atom stereocenters. The highest BCUT2D eigenvalue weighted by Crippen LogP contribution is 2.33. The van der Waals surface area contributed by atoms with Crippen molar-refractivity contribution < 1.29 is 27.4 Å².